The first-order valence-electron chi connectivity index (χ1n) is 24.3. The van der Waals surface area contributed by atoms with Gasteiger partial charge in [0.15, 0.2) is 0 Å². The molecule has 3 aromatic heterocycles. The summed E-state index contributed by atoms with van der Waals surface area (Å²) in [6.07, 6.45) is 7.91. The number of hydrogen-bond donors (Lipinski definition) is 0. The van der Waals surface area contributed by atoms with Crippen molar-refractivity contribution in [3.8, 4) is 56.7 Å². The van der Waals surface area contributed by atoms with E-state index in [9.17, 15) is 5.26 Å². The van der Waals surface area contributed by atoms with Crippen LogP contribution in [0.25, 0.3) is 83.6 Å². The molecule has 0 amide bonds. The van der Waals surface area contributed by atoms with E-state index in [1.165, 1.54) is 59.1 Å². The molecule has 2 aliphatic heterocycles. The monoisotopic (exact) mass is 1140 g/mol. The molecule has 1 spiro atoms. The number of para-hydroxylation sites is 2. The Balaban J connectivity index is 0.000000219. The van der Waals surface area contributed by atoms with E-state index in [0.29, 0.717) is 16.7 Å². The number of imidazole rings is 1. The summed E-state index contributed by atoms with van der Waals surface area (Å²) in [6.45, 7) is 9.07. The number of rotatable bonds is 7. The van der Waals surface area contributed by atoms with Crippen LogP contribution in [0.1, 0.15) is 81.0 Å². The molecule has 0 atom stereocenters. The first kappa shape index (κ1) is 46.4. The first-order valence-corrected chi connectivity index (χ1v) is 29.8. The number of hydrogen-bond acceptors (Lipinski definition) is 4. The molecule has 1 saturated heterocycles. The van der Waals surface area contributed by atoms with Gasteiger partial charge in [0, 0.05) is 31.2 Å². The maximum atomic E-state index is 9.53. The molecule has 7 heteroatoms. The van der Waals surface area contributed by atoms with Gasteiger partial charge in [0.1, 0.15) is 5.58 Å². The summed E-state index contributed by atoms with van der Waals surface area (Å²) < 4.78 is 10.6. The average molecular weight is 1140 g/mol. The fraction of sp³-hybridized carbons (Fsp3) is 0.210. The van der Waals surface area contributed by atoms with Crippen molar-refractivity contribution in [1.82, 2.24) is 14.5 Å². The average Bonchev–Trinajstić information content (AvgIpc) is 4.12. The van der Waals surface area contributed by atoms with Gasteiger partial charge in [-0.15, -0.1) is 18.2 Å². The van der Waals surface area contributed by atoms with Crippen molar-refractivity contribution >= 4 is 50.6 Å². The quantitative estimate of drug-likeness (QED) is 0.118. The second kappa shape index (κ2) is 19.6. The van der Waals surface area contributed by atoms with Crippen molar-refractivity contribution in [2.75, 3.05) is 0 Å². The molecule has 10 aromatic rings. The molecule has 0 saturated carbocycles. The van der Waals surface area contributed by atoms with Crippen LogP contribution >= 0.6 is 0 Å². The predicted molar refractivity (Wildman–Crippen MR) is 282 cm³/mol. The van der Waals surface area contributed by atoms with Gasteiger partial charge < -0.3 is 8.98 Å². The number of benzene rings is 7. The van der Waals surface area contributed by atoms with Crippen LogP contribution in [-0.2, 0) is 26.5 Å². The van der Waals surface area contributed by atoms with Crippen molar-refractivity contribution in [3.05, 3.63) is 192 Å². The van der Waals surface area contributed by atoms with Crippen LogP contribution in [0.4, 0.5) is 0 Å². The number of pyridine rings is 1. The molecule has 12 rings (SSSR count). The third-order valence-corrected chi connectivity index (χ3v) is 26.1. The first-order chi connectivity index (χ1) is 33.3. The van der Waals surface area contributed by atoms with E-state index < -0.39 is 13.3 Å². The van der Waals surface area contributed by atoms with E-state index >= 15 is 0 Å². The van der Waals surface area contributed by atoms with Crippen LogP contribution in [0, 0.1) is 23.5 Å². The van der Waals surface area contributed by atoms with Gasteiger partial charge in [-0.05, 0) is 81.6 Å². The summed E-state index contributed by atoms with van der Waals surface area (Å²) in [5, 5.41) is 16.2. The number of nitrogens with zero attached hydrogens (tertiary/aromatic N) is 4. The number of nitriles is 1. The van der Waals surface area contributed by atoms with Crippen LogP contribution in [0.15, 0.2) is 162 Å². The van der Waals surface area contributed by atoms with Gasteiger partial charge >= 0.3 is 124 Å². The molecule has 0 aliphatic carbocycles. The van der Waals surface area contributed by atoms with Gasteiger partial charge in [-0.25, -0.2) is 0 Å². The molecule has 7 aromatic carbocycles. The standard InChI is InChI=1S/C44H34N3O.C18H20GeN.Ir/c1-27(2)37-24-33(32-20-18-31(19-21-32)30-11-6-5-7-12-30)25-38(28(3)4)42(37)47-40-16-9-8-15-39(40)46-44(47)36-14-10-13-35-34-22-17-29(26-45)23-41(34)48-43(35)36;1-2-7-15(8-3-1)18-13-16-9-6-12-19(10-4-5-11-19)17(16)14-20-18;/h5-13,15-25,27-28H,1-4H3;1-3,7,13-14H,4-6,9-12H2;/q2*-1;. The van der Waals surface area contributed by atoms with Gasteiger partial charge in [-0.3, -0.25) is 4.98 Å². The minimum atomic E-state index is -1.70. The summed E-state index contributed by atoms with van der Waals surface area (Å²) in [5.41, 5.74) is 17.0. The Morgan fingerprint density at radius 3 is 2.06 bits per heavy atom. The van der Waals surface area contributed by atoms with Crippen LogP contribution in [-0.4, -0.2) is 27.8 Å². The molecule has 2 aliphatic rings. The number of fused-ring (bicyclic) bond motifs is 6. The molecule has 69 heavy (non-hydrogen) atoms. The Bertz CT molecular complexity index is 3480. The van der Waals surface area contributed by atoms with Gasteiger partial charge in [-0.1, -0.05) is 111 Å². The molecule has 343 valence electrons. The third kappa shape index (κ3) is 8.71. The summed E-state index contributed by atoms with van der Waals surface area (Å²) in [7, 11) is 0. The van der Waals surface area contributed by atoms with Crippen molar-refractivity contribution in [1.29, 1.82) is 5.26 Å². The van der Waals surface area contributed by atoms with Crippen molar-refractivity contribution in [2.45, 2.75) is 81.0 Å². The molecule has 1 fully saturated rings. The minimum absolute atomic E-state index is 0. The third-order valence-electron chi connectivity index (χ3n) is 14.5. The van der Waals surface area contributed by atoms with Crippen LogP contribution in [0.3, 0.4) is 0 Å². The zero-order valence-electron chi connectivity index (χ0n) is 39.6. The SMILES string of the molecule is CC(C)c1cc(-c2ccc(-c3ccccc3)cc2)cc(C(C)C)c1-n1c(-c2[c-]ccc3c2oc2cc(C#N)ccc23)nc2ccccc21.[Ir].[c-]1ccccc1-c1cc2[c](cn1)[Ge]1([CH2]CC[CH2]1)[CH2]CC2. The van der Waals surface area contributed by atoms with E-state index in [4.69, 9.17) is 14.4 Å². The Kier molecular flexibility index (Phi) is 13.1. The second-order valence-corrected chi connectivity index (χ2v) is 29.0. The van der Waals surface area contributed by atoms with E-state index in [2.05, 4.69) is 160 Å². The molecule has 0 bridgehead atoms. The Morgan fingerprint density at radius 1 is 0.667 bits per heavy atom. The van der Waals surface area contributed by atoms with E-state index in [0.717, 1.165) is 50.1 Å². The normalized spacial score (nSPS) is 13.9. The van der Waals surface area contributed by atoms with Gasteiger partial charge in [-0.2, -0.15) is 5.26 Å². The molecule has 0 unspecified atom stereocenters. The summed E-state index contributed by atoms with van der Waals surface area (Å²) in [5.74, 6) is 1.26. The zero-order chi connectivity index (χ0) is 46.4. The molecular weight excluding hydrogens is 1080 g/mol. The Hall–Kier alpha value is -6.36. The topological polar surface area (TPSA) is 67.6 Å². The molecule has 1 radical (unpaired) electrons. The molecule has 5 nitrogen and oxygen atoms in total. The predicted octanol–water partition coefficient (Wildman–Crippen LogP) is 15.8. The number of aromatic nitrogens is 3. The van der Waals surface area contributed by atoms with Crippen molar-refractivity contribution < 1.29 is 24.5 Å². The number of aryl methyl sites for hydroxylation is 1. The summed E-state index contributed by atoms with van der Waals surface area (Å²) >= 11 is -1.70. The molecular formula is C62H54GeIrN4O-2. The van der Waals surface area contributed by atoms with E-state index in [-0.39, 0.29) is 31.9 Å². The van der Waals surface area contributed by atoms with Crippen LogP contribution in [0.2, 0.25) is 15.8 Å². The van der Waals surface area contributed by atoms with Gasteiger partial charge in [0.05, 0.1) is 34.1 Å². The molecule has 5 heterocycles. The Morgan fingerprint density at radius 2 is 1.35 bits per heavy atom. The fourth-order valence-corrected chi connectivity index (χ4v) is 22.6. The van der Waals surface area contributed by atoms with Crippen LogP contribution < -0.4 is 4.40 Å². The zero-order valence-corrected chi connectivity index (χ0v) is 44.1. The maximum absolute atomic E-state index is 9.53. The molecule has 0 N–H and O–H groups in total. The fourth-order valence-electron chi connectivity index (χ4n) is 11.1. The second-order valence-electron chi connectivity index (χ2n) is 19.4. The number of furan rings is 1. The van der Waals surface area contributed by atoms with Gasteiger partial charge in [0.2, 0.25) is 0 Å². The van der Waals surface area contributed by atoms with Crippen LogP contribution in [0.5, 0.6) is 0 Å². The Labute approximate surface area is 422 Å². The van der Waals surface area contributed by atoms with Crippen molar-refractivity contribution in [2.24, 2.45) is 0 Å². The van der Waals surface area contributed by atoms with Crippen molar-refractivity contribution in [3.63, 3.8) is 0 Å². The van der Waals surface area contributed by atoms with E-state index in [1.807, 2.05) is 42.5 Å². The van der Waals surface area contributed by atoms with E-state index in [1.54, 1.807) is 31.8 Å². The van der Waals surface area contributed by atoms with Gasteiger partial charge in [0.25, 0.3) is 0 Å². The summed E-state index contributed by atoms with van der Waals surface area (Å²) in [6, 6.07) is 61.6. The summed E-state index contributed by atoms with van der Waals surface area (Å²) in [4.78, 5) is 10.0.